The quantitative estimate of drug-likeness (QED) is 0.681. The lowest BCUT2D eigenvalue weighted by molar-refractivity contribution is 0.00899. The van der Waals surface area contributed by atoms with Gasteiger partial charge in [-0.25, -0.2) is 15.2 Å². The minimum absolute atomic E-state index is 0. The summed E-state index contributed by atoms with van der Waals surface area (Å²) in [7, 11) is 0. The molecule has 1 saturated heterocycles. The van der Waals surface area contributed by atoms with E-state index in [1.54, 1.807) is 5.01 Å². The number of amides is 1. The van der Waals surface area contributed by atoms with E-state index in [1.165, 1.54) is 0 Å². The highest BCUT2D eigenvalue weighted by molar-refractivity contribution is 5.85. The van der Waals surface area contributed by atoms with Gasteiger partial charge in [-0.15, -0.1) is 12.4 Å². The molecule has 1 fully saturated rings. The summed E-state index contributed by atoms with van der Waals surface area (Å²) in [5.74, 6) is 0. The maximum atomic E-state index is 11.5. The zero-order valence-electron chi connectivity index (χ0n) is 9.00. The van der Waals surface area contributed by atoms with Crippen LogP contribution in [0, 0.1) is 0 Å². The Morgan fingerprint density at radius 3 is 2.43 bits per heavy atom. The van der Waals surface area contributed by atoms with Gasteiger partial charge in [-0.05, 0) is 33.6 Å². The molecule has 1 amide bonds. The highest BCUT2D eigenvalue weighted by Crippen LogP contribution is 2.10. The first-order chi connectivity index (χ1) is 5.99. The summed E-state index contributed by atoms with van der Waals surface area (Å²) >= 11 is 0. The molecule has 0 spiro atoms. The van der Waals surface area contributed by atoms with Gasteiger partial charge in [0.15, 0.2) is 0 Å². The molecule has 1 aliphatic rings. The second-order valence-corrected chi connectivity index (χ2v) is 4.25. The topological polar surface area (TPSA) is 41.6 Å². The molecule has 0 aromatic heterocycles. The van der Waals surface area contributed by atoms with Crippen molar-refractivity contribution in [2.24, 2.45) is 0 Å². The van der Waals surface area contributed by atoms with E-state index in [2.05, 4.69) is 5.43 Å². The second-order valence-electron chi connectivity index (χ2n) is 4.25. The highest BCUT2D eigenvalue weighted by Gasteiger charge is 2.22. The Balaban J connectivity index is 0.00000169. The van der Waals surface area contributed by atoms with E-state index in [0.29, 0.717) is 0 Å². The predicted molar refractivity (Wildman–Crippen MR) is 57.4 cm³/mol. The zero-order valence-corrected chi connectivity index (χ0v) is 9.82. The predicted octanol–water partition coefficient (Wildman–Crippen LogP) is 1.94. The molecule has 0 aliphatic carbocycles. The minimum Gasteiger partial charge on any atom is -0.443 e. The minimum atomic E-state index is -0.407. The van der Waals surface area contributed by atoms with E-state index in [-0.39, 0.29) is 18.5 Å². The monoisotopic (exact) mass is 222 g/mol. The Kier molecular flexibility index (Phi) is 5.23. The van der Waals surface area contributed by atoms with Crippen LogP contribution in [0.25, 0.3) is 0 Å². The normalized spacial score (nSPS) is 17.2. The molecule has 0 unspecified atom stereocenters. The molecule has 1 N–H and O–H groups in total. The molecule has 0 atom stereocenters. The van der Waals surface area contributed by atoms with Gasteiger partial charge in [0.2, 0.25) is 0 Å². The second kappa shape index (κ2) is 5.41. The van der Waals surface area contributed by atoms with Gasteiger partial charge in [0.25, 0.3) is 0 Å². The lowest BCUT2D eigenvalue weighted by atomic mass is 10.2. The van der Waals surface area contributed by atoms with Crippen LogP contribution in [-0.2, 0) is 4.74 Å². The van der Waals surface area contributed by atoms with Gasteiger partial charge in [0.1, 0.15) is 5.60 Å². The van der Waals surface area contributed by atoms with Crippen molar-refractivity contribution < 1.29 is 9.53 Å². The lowest BCUT2D eigenvalue weighted by Crippen LogP contribution is -2.48. The molecule has 4 nitrogen and oxygen atoms in total. The van der Waals surface area contributed by atoms with Gasteiger partial charge in [-0.2, -0.15) is 0 Å². The fraction of sp³-hybridized carbons (Fsp3) is 0.889. The number of hydrogen-bond donors (Lipinski definition) is 1. The molecule has 0 bridgehead atoms. The number of halogens is 1. The molecule has 0 radical (unpaired) electrons. The van der Waals surface area contributed by atoms with Crippen molar-refractivity contribution >= 4 is 18.5 Å². The summed E-state index contributed by atoms with van der Waals surface area (Å²) in [4.78, 5) is 11.5. The van der Waals surface area contributed by atoms with Crippen LogP contribution in [0.5, 0.6) is 0 Å². The maximum Gasteiger partial charge on any atom is 0.424 e. The Labute approximate surface area is 91.4 Å². The number of hydrazine groups is 1. The molecule has 0 saturated carbocycles. The fourth-order valence-corrected chi connectivity index (χ4v) is 1.16. The first kappa shape index (κ1) is 13.5. The number of hydrogen-bond acceptors (Lipinski definition) is 3. The molecule has 0 aromatic rings. The summed E-state index contributed by atoms with van der Waals surface area (Å²) in [5.41, 5.74) is 2.59. The number of carbonyl (C=O) groups excluding carboxylic acids is 1. The maximum absolute atomic E-state index is 11.5. The van der Waals surface area contributed by atoms with Gasteiger partial charge < -0.3 is 4.74 Å². The van der Waals surface area contributed by atoms with Crippen LogP contribution in [0.3, 0.4) is 0 Å². The van der Waals surface area contributed by atoms with Gasteiger partial charge >= 0.3 is 6.09 Å². The fourth-order valence-electron chi connectivity index (χ4n) is 1.16. The molecule has 1 aliphatic heterocycles. The molecule has 84 valence electrons. The first-order valence-corrected chi connectivity index (χ1v) is 4.73. The van der Waals surface area contributed by atoms with Crippen LogP contribution in [0.4, 0.5) is 4.79 Å². The zero-order chi connectivity index (χ0) is 9.90. The number of carbonyl (C=O) groups is 1. The molecule has 0 aromatic carbocycles. The van der Waals surface area contributed by atoms with Crippen molar-refractivity contribution in [1.82, 2.24) is 10.4 Å². The standard InChI is InChI=1S/C9H18N2O2.ClH/c1-9(2,3)13-8(12)11-7-5-4-6-10-11;/h10H,4-7H2,1-3H3;1H. The largest absolute Gasteiger partial charge is 0.443 e. The van der Waals surface area contributed by atoms with Crippen molar-refractivity contribution in [2.45, 2.75) is 39.2 Å². The van der Waals surface area contributed by atoms with Crippen LogP contribution < -0.4 is 5.43 Å². The highest BCUT2D eigenvalue weighted by atomic mass is 35.5. The molecule has 5 heteroatoms. The van der Waals surface area contributed by atoms with Gasteiger partial charge in [0, 0.05) is 13.1 Å². The van der Waals surface area contributed by atoms with E-state index in [4.69, 9.17) is 4.74 Å². The van der Waals surface area contributed by atoms with Crippen LogP contribution in [0.2, 0.25) is 0 Å². The summed E-state index contributed by atoms with van der Waals surface area (Å²) in [5, 5.41) is 1.55. The Morgan fingerprint density at radius 2 is 2.00 bits per heavy atom. The average Bonchev–Trinajstić information content (AvgIpc) is 2.03. The van der Waals surface area contributed by atoms with Crippen molar-refractivity contribution in [1.29, 1.82) is 0 Å². The van der Waals surface area contributed by atoms with Crippen molar-refractivity contribution in [2.75, 3.05) is 13.1 Å². The first-order valence-electron chi connectivity index (χ1n) is 4.73. The van der Waals surface area contributed by atoms with Gasteiger partial charge in [-0.1, -0.05) is 0 Å². The van der Waals surface area contributed by atoms with E-state index in [0.717, 1.165) is 25.9 Å². The Morgan fingerprint density at radius 1 is 1.36 bits per heavy atom. The number of ether oxygens (including phenoxy) is 1. The van der Waals surface area contributed by atoms with E-state index >= 15 is 0 Å². The summed E-state index contributed by atoms with van der Waals surface area (Å²) in [6, 6.07) is 0. The van der Waals surface area contributed by atoms with Crippen molar-refractivity contribution in [3.05, 3.63) is 0 Å². The van der Waals surface area contributed by atoms with Crippen LogP contribution in [0.15, 0.2) is 0 Å². The summed E-state index contributed by atoms with van der Waals surface area (Å²) in [6.07, 6.45) is 1.90. The Hall–Kier alpha value is -0.480. The summed E-state index contributed by atoms with van der Waals surface area (Å²) < 4.78 is 5.20. The van der Waals surface area contributed by atoms with Crippen molar-refractivity contribution in [3.63, 3.8) is 0 Å². The van der Waals surface area contributed by atoms with E-state index in [9.17, 15) is 4.79 Å². The molecular weight excluding hydrogens is 204 g/mol. The number of nitrogens with one attached hydrogen (secondary N) is 1. The third-order valence-corrected chi connectivity index (χ3v) is 1.73. The number of nitrogens with zero attached hydrogens (tertiary/aromatic N) is 1. The molecule has 1 rings (SSSR count). The molecule has 1 heterocycles. The third-order valence-electron chi connectivity index (χ3n) is 1.73. The Bertz CT molecular complexity index is 186. The number of rotatable bonds is 0. The smallest absolute Gasteiger partial charge is 0.424 e. The lowest BCUT2D eigenvalue weighted by Gasteiger charge is -2.30. The molecular formula is C9H19ClN2O2. The van der Waals surface area contributed by atoms with Crippen LogP contribution >= 0.6 is 12.4 Å². The van der Waals surface area contributed by atoms with Crippen LogP contribution in [-0.4, -0.2) is 29.8 Å². The van der Waals surface area contributed by atoms with Gasteiger partial charge in [0.05, 0.1) is 0 Å². The third kappa shape index (κ3) is 4.67. The summed E-state index contributed by atoms with van der Waals surface area (Å²) in [6.45, 7) is 7.21. The van der Waals surface area contributed by atoms with E-state index < -0.39 is 5.60 Å². The van der Waals surface area contributed by atoms with E-state index in [1.807, 2.05) is 20.8 Å². The van der Waals surface area contributed by atoms with Crippen LogP contribution in [0.1, 0.15) is 33.6 Å². The van der Waals surface area contributed by atoms with Crippen molar-refractivity contribution in [3.8, 4) is 0 Å². The van der Waals surface area contributed by atoms with Gasteiger partial charge in [-0.3, -0.25) is 0 Å². The average molecular weight is 223 g/mol. The molecule has 14 heavy (non-hydrogen) atoms. The SMILES string of the molecule is CC(C)(C)OC(=O)N1CCCCN1.Cl.